The summed E-state index contributed by atoms with van der Waals surface area (Å²) in [6.07, 6.45) is 0.866. The number of ether oxygens (including phenoxy) is 1. The fraction of sp³-hybridized carbons (Fsp3) is 0.214. The summed E-state index contributed by atoms with van der Waals surface area (Å²) in [5, 5.41) is 29.5. The molecule has 20 heavy (non-hydrogen) atoms. The van der Waals surface area contributed by atoms with E-state index in [2.05, 4.69) is 5.32 Å². The highest BCUT2D eigenvalue weighted by molar-refractivity contribution is 6.32. The van der Waals surface area contributed by atoms with Gasteiger partial charge >= 0.3 is 0 Å². The molecule has 0 amide bonds. The van der Waals surface area contributed by atoms with Gasteiger partial charge in [0.15, 0.2) is 5.57 Å². The summed E-state index contributed by atoms with van der Waals surface area (Å²) >= 11 is 6.05. The summed E-state index contributed by atoms with van der Waals surface area (Å²) < 4.78 is 5.42. The van der Waals surface area contributed by atoms with Crippen LogP contribution in [-0.4, -0.2) is 6.61 Å². The summed E-state index contributed by atoms with van der Waals surface area (Å²) in [5.74, 6) is 0.544. The van der Waals surface area contributed by atoms with E-state index in [-0.39, 0.29) is 11.3 Å². The van der Waals surface area contributed by atoms with Crippen LogP contribution >= 0.6 is 11.6 Å². The molecule has 0 bridgehead atoms. The molecule has 1 N–H and O–H groups in total. The summed E-state index contributed by atoms with van der Waals surface area (Å²) in [5.41, 5.74) is 0.0987. The number of nitrogens with one attached hydrogen (secondary N) is 1. The Morgan fingerprint density at radius 1 is 1.25 bits per heavy atom. The highest BCUT2D eigenvalue weighted by Gasteiger charge is 2.08. The standard InChI is InChI=1S/C14H11ClN4O/c1-2-5-20-14-4-3-11(6-12(14)15)19-13(9-18)10(7-16)8-17/h3-4,6,19H,2,5H2,1H3. The van der Waals surface area contributed by atoms with Gasteiger partial charge in [-0.1, -0.05) is 18.5 Å². The number of anilines is 1. The van der Waals surface area contributed by atoms with Crippen molar-refractivity contribution < 1.29 is 4.74 Å². The van der Waals surface area contributed by atoms with Crippen molar-refractivity contribution in [1.29, 1.82) is 15.8 Å². The van der Waals surface area contributed by atoms with Crippen LogP contribution in [0.25, 0.3) is 0 Å². The maximum absolute atomic E-state index is 8.93. The van der Waals surface area contributed by atoms with E-state index in [1.165, 1.54) is 0 Å². The van der Waals surface area contributed by atoms with Gasteiger partial charge in [0.25, 0.3) is 0 Å². The summed E-state index contributed by atoms with van der Waals surface area (Å²) in [7, 11) is 0. The van der Waals surface area contributed by atoms with Gasteiger partial charge in [-0.05, 0) is 24.6 Å². The molecule has 0 aliphatic rings. The smallest absolute Gasteiger partial charge is 0.163 e. The van der Waals surface area contributed by atoms with E-state index in [0.717, 1.165) is 6.42 Å². The van der Waals surface area contributed by atoms with Crippen LogP contribution in [0.2, 0.25) is 5.02 Å². The lowest BCUT2D eigenvalue weighted by molar-refractivity contribution is 0.317. The van der Waals surface area contributed by atoms with Crippen molar-refractivity contribution in [3.8, 4) is 24.0 Å². The monoisotopic (exact) mass is 286 g/mol. The molecule has 0 atom stereocenters. The fourth-order valence-corrected chi connectivity index (χ4v) is 1.57. The van der Waals surface area contributed by atoms with E-state index in [1.807, 2.05) is 6.92 Å². The van der Waals surface area contributed by atoms with Crippen molar-refractivity contribution in [3.05, 3.63) is 34.5 Å². The van der Waals surface area contributed by atoms with E-state index in [4.69, 9.17) is 32.1 Å². The molecule has 1 aromatic rings. The molecular formula is C14H11ClN4O. The van der Waals surface area contributed by atoms with E-state index in [9.17, 15) is 0 Å². The zero-order valence-electron chi connectivity index (χ0n) is 10.8. The quantitative estimate of drug-likeness (QED) is 0.838. The van der Waals surface area contributed by atoms with Gasteiger partial charge in [0.1, 0.15) is 29.7 Å². The average molecular weight is 287 g/mol. The number of halogens is 1. The molecule has 0 heterocycles. The lowest BCUT2D eigenvalue weighted by Crippen LogP contribution is -2.01. The third-order valence-electron chi connectivity index (χ3n) is 2.25. The van der Waals surface area contributed by atoms with Crippen LogP contribution in [0.3, 0.4) is 0 Å². The lowest BCUT2D eigenvalue weighted by Gasteiger charge is -2.09. The molecule has 0 saturated carbocycles. The van der Waals surface area contributed by atoms with Crippen LogP contribution in [0.1, 0.15) is 13.3 Å². The highest BCUT2D eigenvalue weighted by Crippen LogP contribution is 2.28. The zero-order chi connectivity index (χ0) is 15.0. The lowest BCUT2D eigenvalue weighted by atomic mass is 10.2. The third kappa shape index (κ3) is 3.92. The largest absolute Gasteiger partial charge is 0.492 e. The Kier molecular flexibility index (Phi) is 5.91. The maximum Gasteiger partial charge on any atom is 0.163 e. The predicted octanol–water partition coefficient (Wildman–Crippen LogP) is 3.37. The number of hydrogen-bond donors (Lipinski definition) is 1. The van der Waals surface area contributed by atoms with E-state index in [0.29, 0.717) is 23.1 Å². The minimum atomic E-state index is -0.282. The Balaban J connectivity index is 2.99. The highest BCUT2D eigenvalue weighted by atomic mass is 35.5. The number of hydrogen-bond acceptors (Lipinski definition) is 5. The topological polar surface area (TPSA) is 92.6 Å². The molecule has 0 radical (unpaired) electrons. The van der Waals surface area contributed by atoms with Gasteiger partial charge in [-0.25, -0.2) is 0 Å². The number of allylic oxidation sites excluding steroid dienone is 2. The summed E-state index contributed by atoms with van der Waals surface area (Å²) in [4.78, 5) is 0. The van der Waals surface area contributed by atoms with Gasteiger partial charge in [0, 0.05) is 5.69 Å². The number of nitriles is 3. The molecule has 0 aliphatic carbocycles. The molecule has 0 saturated heterocycles. The molecule has 0 aromatic heterocycles. The Labute approximate surface area is 122 Å². The van der Waals surface area contributed by atoms with Crippen molar-refractivity contribution in [2.45, 2.75) is 13.3 Å². The Hall–Kier alpha value is -2.68. The van der Waals surface area contributed by atoms with Gasteiger partial charge in [-0.15, -0.1) is 0 Å². The first-order chi connectivity index (χ1) is 9.65. The molecule has 0 aliphatic heterocycles. The molecule has 0 unspecified atom stereocenters. The Morgan fingerprint density at radius 2 is 1.95 bits per heavy atom. The molecular weight excluding hydrogens is 276 g/mol. The normalized spacial score (nSPS) is 8.75. The molecule has 1 rings (SSSR count). The zero-order valence-corrected chi connectivity index (χ0v) is 11.5. The van der Waals surface area contributed by atoms with Crippen molar-refractivity contribution in [2.24, 2.45) is 0 Å². The molecule has 0 fully saturated rings. The molecule has 1 aromatic carbocycles. The van der Waals surface area contributed by atoms with Crippen molar-refractivity contribution in [1.82, 2.24) is 0 Å². The van der Waals surface area contributed by atoms with Gasteiger partial charge in [0.2, 0.25) is 0 Å². The minimum absolute atomic E-state index is 0.117. The van der Waals surface area contributed by atoms with Crippen LogP contribution in [-0.2, 0) is 0 Å². The van der Waals surface area contributed by atoms with Crippen molar-refractivity contribution in [3.63, 3.8) is 0 Å². The van der Waals surface area contributed by atoms with Crippen molar-refractivity contribution in [2.75, 3.05) is 11.9 Å². The van der Waals surface area contributed by atoms with Gasteiger partial charge < -0.3 is 10.1 Å². The first kappa shape index (κ1) is 15.4. The van der Waals surface area contributed by atoms with E-state index >= 15 is 0 Å². The van der Waals surface area contributed by atoms with Gasteiger partial charge in [-0.2, -0.15) is 15.8 Å². The Bertz CT molecular complexity index is 631. The third-order valence-corrected chi connectivity index (χ3v) is 2.54. The second-order valence-electron chi connectivity index (χ2n) is 3.70. The van der Waals surface area contributed by atoms with Crippen LogP contribution in [0.5, 0.6) is 5.75 Å². The molecule has 100 valence electrons. The van der Waals surface area contributed by atoms with E-state index < -0.39 is 0 Å². The summed E-state index contributed by atoms with van der Waals surface area (Å²) in [6, 6.07) is 9.96. The first-order valence-corrected chi connectivity index (χ1v) is 6.18. The van der Waals surface area contributed by atoms with Crippen LogP contribution in [0.15, 0.2) is 29.5 Å². The second-order valence-corrected chi connectivity index (χ2v) is 4.11. The second kappa shape index (κ2) is 7.69. The molecule has 6 heteroatoms. The first-order valence-electron chi connectivity index (χ1n) is 5.80. The number of nitrogens with zero attached hydrogens (tertiary/aromatic N) is 3. The predicted molar refractivity (Wildman–Crippen MR) is 74.7 cm³/mol. The van der Waals surface area contributed by atoms with Crippen molar-refractivity contribution >= 4 is 17.3 Å². The molecule has 0 spiro atoms. The van der Waals surface area contributed by atoms with Gasteiger partial charge in [0.05, 0.1) is 11.6 Å². The SMILES string of the molecule is CCCOc1ccc(NC(C#N)=C(C#N)C#N)cc1Cl. The molecule has 5 nitrogen and oxygen atoms in total. The van der Waals surface area contributed by atoms with Crippen LogP contribution in [0, 0.1) is 34.0 Å². The van der Waals surface area contributed by atoms with E-state index in [1.54, 1.807) is 36.4 Å². The average Bonchev–Trinajstić information content (AvgIpc) is 2.46. The van der Waals surface area contributed by atoms with Crippen LogP contribution < -0.4 is 10.1 Å². The fourth-order valence-electron chi connectivity index (χ4n) is 1.34. The number of rotatable bonds is 5. The minimum Gasteiger partial charge on any atom is -0.492 e. The number of benzene rings is 1. The summed E-state index contributed by atoms with van der Waals surface area (Å²) in [6.45, 7) is 2.54. The Morgan fingerprint density at radius 3 is 2.45 bits per heavy atom. The van der Waals surface area contributed by atoms with Crippen LogP contribution in [0.4, 0.5) is 5.69 Å². The maximum atomic E-state index is 8.93. The van der Waals surface area contributed by atoms with Gasteiger partial charge in [-0.3, -0.25) is 0 Å².